The summed E-state index contributed by atoms with van der Waals surface area (Å²) in [6.07, 6.45) is 7.07. The molecule has 0 amide bonds. The first-order chi connectivity index (χ1) is 9.24. The maximum Gasteiger partial charge on any atom is 0.127 e. The Labute approximate surface area is 118 Å². The van der Waals surface area contributed by atoms with Gasteiger partial charge in [0.05, 0.1) is 11.6 Å². The van der Waals surface area contributed by atoms with E-state index in [0.29, 0.717) is 29.0 Å². The maximum absolute atomic E-state index is 13.7. The molecule has 1 fully saturated rings. The topological polar surface area (TPSA) is 35.8 Å². The number of rotatable bonds is 4. The van der Waals surface area contributed by atoms with Crippen molar-refractivity contribution in [1.29, 1.82) is 5.26 Å². The first kappa shape index (κ1) is 14.4. The number of nitrogens with one attached hydrogen (secondary N) is 1. The Bertz CT molecular complexity index is 470. The van der Waals surface area contributed by atoms with E-state index in [4.69, 9.17) is 5.26 Å². The van der Waals surface area contributed by atoms with Crippen LogP contribution in [0.25, 0.3) is 0 Å². The van der Waals surface area contributed by atoms with Gasteiger partial charge in [-0.05, 0) is 37.3 Å². The monoisotopic (exact) mass is 278 g/mol. The van der Waals surface area contributed by atoms with E-state index in [0.717, 1.165) is 6.42 Å². The van der Waals surface area contributed by atoms with Gasteiger partial charge in [0.15, 0.2) is 0 Å². The molecule has 0 bridgehead atoms. The van der Waals surface area contributed by atoms with E-state index < -0.39 is 0 Å². The van der Waals surface area contributed by atoms with Crippen LogP contribution in [0.3, 0.4) is 0 Å². The average Bonchev–Trinajstić information content (AvgIpc) is 2.46. The minimum absolute atomic E-state index is 0.233. The van der Waals surface area contributed by atoms with Gasteiger partial charge in [-0.15, -0.1) is 0 Å². The number of halogens is 1. The molecule has 2 rings (SSSR count). The average molecular weight is 278 g/mol. The first-order valence-electron chi connectivity index (χ1n) is 6.69. The molecule has 4 heteroatoms. The fourth-order valence-corrected chi connectivity index (χ4v) is 3.60. The van der Waals surface area contributed by atoms with Gasteiger partial charge in [-0.3, -0.25) is 0 Å². The van der Waals surface area contributed by atoms with Crippen LogP contribution in [-0.4, -0.2) is 17.5 Å². The predicted octanol–water partition coefficient (Wildman–Crippen LogP) is 3.46. The van der Waals surface area contributed by atoms with Gasteiger partial charge in [-0.25, -0.2) is 4.39 Å². The van der Waals surface area contributed by atoms with Crippen LogP contribution in [0, 0.1) is 17.1 Å². The third-order valence-corrected chi connectivity index (χ3v) is 4.90. The lowest BCUT2D eigenvalue weighted by atomic mass is 9.94. The quantitative estimate of drug-likeness (QED) is 0.916. The van der Waals surface area contributed by atoms with Gasteiger partial charge in [0.2, 0.25) is 0 Å². The number of hydrogen-bond acceptors (Lipinski definition) is 3. The third-order valence-electron chi connectivity index (χ3n) is 3.73. The predicted molar refractivity (Wildman–Crippen MR) is 77.5 cm³/mol. The molecule has 0 saturated heterocycles. The molecule has 0 radical (unpaired) electrons. The summed E-state index contributed by atoms with van der Waals surface area (Å²) in [6, 6.07) is 7.04. The minimum atomic E-state index is -0.233. The van der Waals surface area contributed by atoms with E-state index in [1.165, 1.54) is 31.4 Å². The van der Waals surface area contributed by atoms with Crippen LogP contribution in [0.4, 0.5) is 4.39 Å². The summed E-state index contributed by atoms with van der Waals surface area (Å²) in [5.41, 5.74) is 1.10. The highest BCUT2D eigenvalue weighted by Crippen LogP contribution is 2.27. The van der Waals surface area contributed by atoms with Crippen LogP contribution in [0.15, 0.2) is 18.2 Å². The molecule has 0 spiro atoms. The summed E-state index contributed by atoms with van der Waals surface area (Å²) in [7, 11) is 0. The number of thioether (sulfide) groups is 1. The second kappa shape index (κ2) is 6.93. The molecule has 1 aromatic rings. The standard InChI is InChI=1S/C15H19FN2S/c1-19-15-5-3-2-4-14(15)18-10-12-8-11(9-17)6-7-13(12)16/h6-8,14-15,18H,2-5,10H2,1H3. The Balaban J connectivity index is 1.99. The van der Waals surface area contributed by atoms with E-state index in [2.05, 4.69) is 17.6 Å². The minimum Gasteiger partial charge on any atom is -0.309 e. The lowest BCUT2D eigenvalue weighted by molar-refractivity contribution is 0.380. The molecule has 1 aromatic carbocycles. The molecule has 102 valence electrons. The summed E-state index contributed by atoms with van der Waals surface area (Å²) in [5, 5.41) is 12.9. The normalized spacial score (nSPS) is 23.0. The highest BCUT2D eigenvalue weighted by atomic mass is 32.2. The zero-order chi connectivity index (χ0) is 13.7. The van der Waals surface area contributed by atoms with E-state index >= 15 is 0 Å². The van der Waals surface area contributed by atoms with Crippen molar-refractivity contribution in [2.45, 2.75) is 43.5 Å². The van der Waals surface area contributed by atoms with E-state index in [1.807, 2.05) is 11.8 Å². The second-order valence-electron chi connectivity index (χ2n) is 4.96. The summed E-state index contributed by atoms with van der Waals surface area (Å²) in [4.78, 5) is 0. The molecule has 1 aliphatic rings. The summed E-state index contributed by atoms with van der Waals surface area (Å²) < 4.78 is 13.7. The van der Waals surface area contributed by atoms with Gasteiger partial charge >= 0.3 is 0 Å². The van der Waals surface area contributed by atoms with Crippen LogP contribution in [-0.2, 0) is 6.54 Å². The SMILES string of the molecule is CSC1CCCCC1NCc1cc(C#N)ccc1F. The Hall–Kier alpha value is -1.05. The maximum atomic E-state index is 13.7. The molecule has 2 unspecified atom stereocenters. The van der Waals surface area contributed by atoms with Gasteiger partial charge in [-0.1, -0.05) is 12.8 Å². The number of benzene rings is 1. The lowest BCUT2D eigenvalue weighted by Crippen LogP contribution is -2.40. The molecule has 1 N–H and O–H groups in total. The Kier molecular flexibility index (Phi) is 5.24. The van der Waals surface area contributed by atoms with E-state index in [-0.39, 0.29) is 5.82 Å². The van der Waals surface area contributed by atoms with Crippen molar-refractivity contribution in [2.24, 2.45) is 0 Å². The van der Waals surface area contributed by atoms with Crippen molar-refractivity contribution in [3.63, 3.8) is 0 Å². The smallest absolute Gasteiger partial charge is 0.127 e. The number of hydrogen-bond donors (Lipinski definition) is 1. The summed E-state index contributed by atoms with van der Waals surface area (Å²) in [5.74, 6) is -0.233. The van der Waals surface area contributed by atoms with Crippen LogP contribution in [0.1, 0.15) is 36.8 Å². The molecule has 0 heterocycles. The molecule has 1 saturated carbocycles. The Morgan fingerprint density at radius 3 is 2.95 bits per heavy atom. The molecule has 2 nitrogen and oxygen atoms in total. The molecule has 0 aliphatic heterocycles. The largest absolute Gasteiger partial charge is 0.309 e. The second-order valence-corrected chi connectivity index (χ2v) is 6.04. The van der Waals surface area contributed by atoms with Crippen LogP contribution < -0.4 is 5.32 Å². The zero-order valence-electron chi connectivity index (χ0n) is 11.2. The highest BCUT2D eigenvalue weighted by molar-refractivity contribution is 7.99. The molecule has 0 aromatic heterocycles. The third kappa shape index (κ3) is 3.71. The van der Waals surface area contributed by atoms with Gasteiger partial charge in [0, 0.05) is 23.4 Å². The molecular formula is C15H19FN2S. The fourth-order valence-electron chi connectivity index (χ4n) is 2.63. The number of nitrogens with zero attached hydrogens (tertiary/aromatic N) is 1. The van der Waals surface area contributed by atoms with Crippen molar-refractivity contribution < 1.29 is 4.39 Å². The van der Waals surface area contributed by atoms with E-state index in [1.54, 1.807) is 6.07 Å². The number of nitriles is 1. The Morgan fingerprint density at radius 2 is 2.21 bits per heavy atom. The van der Waals surface area contributed by atoms with Crippen molar-refractivity contribution in [2.75, 3.05) is 6.26 Å². The van der Waals surface area contributed by atoms with Crippen molar-refractivity contribution >= 4 is 11.8 Å². The van der Waals surface area contributed by atoms with Crippen molar-refractivity contribution in [3.8, 4) is 6.07 Å². The molecule has 19 heavy (non-hydrogen) atoms. The molecular weight excluding hydrogens is 259 g/mol. The molecule has 1 aliphatic carbocycles. The summed E-state index contributed by atoms with van der Waals surface area (Å²) in [6.45, 7) is 0.503. The summed E-state index contributed by atoms with van der Waals surface area (Å²) >= 11 is 1.89. The molecule has 2 atom stereocenters. The van der Waals surface area contributed by atoms with Crippen molar-refractivity contribution in [3.05, 3.63) is 35.1 Å². The van der Waals surface area contributed by atoms with Crippen LogP contribution >= 0.6 is 11.8 Å². The zero-order valence-corrected chi connectivity index (χ0v) is 12.0. The van der Waals surface area contributed by atoms with Crippen LogP contribution in [0.5, 0.6) is 0 Å². The van der Waals surface area contributed by atoms with Gasteiger partial charge in [0.25, 0.3) is 0 Å². The van der Waals surface area contributed by atoms with E-state index in [9.17, 15) is 4.39 Å². The van der Waals surface area contributed by atoms with Gasteiger partial charge in [0.1, 0.15) is 5.82 Å². The fraction of sp³-hybridized carbons (Fsp3) is 0.533. The van der Waals surface area contributed by atoms with Gasteiger partial charge in [-0.2, -0.15) is 17.0 Å². The lowest BCUT2D eigenvalue weighted by Gasteiger charge is -2.31. The van der Waals surface area contributed by atoms with Crippen LogP contribution in [0.2, 0.25) is 0 Å². The Morgan fingerprint density at radius 1 is 1.42 bits per heavy atom. The van der Waals surface area contributed by atoms with Crippen molar-refractivity contribution in [1.82, 2.24) is 5.32 Å². The first-order valence-corrected chi connectivity index (χ1v) is 7.98. The highest BCUT2D eigenvalue weighted by Gasteiger charge is 2.23. The van der Waals surface area contributed by atoms with Gasteiger partial charge < -0.3 is 5.32 Å².